The Morgan fingerprint density at radius 3 is 2.48 bits per heavy atom. The van der Waals surface area contributed by atoms with Crippen LogP contribution in [0.2, 0.25) is 0 Å². The molecule has 0 bridgehead atoms. The quantitative estimate of drug-likeness (QED) is 0.182. The van der Waals surface area contributed by atoms with Gasteiger partial charge in [0.1, 0.15) is 11.0 Å². The minimum atomic E-state index is -0.795. The van der Waals surface area contributed by atoms with Gasteiger partial charge in [-0.05, 0) is 53.9 Å². The molecule has 7 rings (SSSR count). The molecule has 1 fully saturated rings. The highest BCUT2D eigenvalue weighted by atomic mass is 79.9. The number of nitrogens with one attached hydrogen (secondary N) is 2. The maximum atomic E-state index is 14.1. The molecule has 12 heteroatoms. The van der Waals surface area contributed by atoms with Gasteiger partial charge in [0.2, 0.25) is 11.8 Å². The molecule has 2 aliphatic rings. The topological polar surface area (TPSA) is 109 Å². The summed E-state index contributed by atoms with van der Waals surface area (Å²) in [5.41, 5.74) is 1.75. The standard InChI is InChI=1S/C32H21Br2N3O5S2/c33-17-8-11-19(12-9-17)37-30(39)26-25(27-29(36-32(41)44-27)43-28(26)31(37)40)21-14-18(34)10-13-23(21)42-15-24(38)35-22-7-3-5-16-4-1-2-6-20(16)22/h1-14,25-26,28H,15H2,(H,35,38)(H,36,41)/t25-,26-,28+/m0/s1. The van der Waals surface area contributed by atoms with Crippen LogP contribution < -0.4 is 19.8 Å². The van der Waals surface area contributed by atoms with Crippen molar-refractivity contribution in [3.8, 4) is 5.75 Å². The first-order valence-electron chi connectivity index (χ1n) is 13.5. The van der Waals surface area contributed by atoms with Gasteiger partial charge in [0.05, 0.1) is 16.6 Å². The predicted molar refractivity (Wildman–Crippen MR) is 179 cm³/mol. The first kappa shape index (κ1) is 29.0. The number of aromatic amines is 1. The molecule has 0 radical (unpaired) electrons. The smallest absolute Gasteiger partial charge is 0.305 e. The van der Waals surface area contributed by atoms with Gasteiger partial charge in [0, 0.05) is 36.4 Å². The van der Waals surface area contributed by atoms with Crippen LogP contribution in [0.5, 0.6) is 5.75 Å². The maximum absolute atomic E-state index is 14.1. The first-order valence-corrected chi connectivity index (χ1v) is 16.8. The molecule has 1 aromatic heterocycles. The third-order valence-corrected chi connectivity index (χ3v) is 11.1. The zero-order valence-corrected chi connectivity index (χ0v) is 27.4. The highest BCUT2D eigenvalue weighted by molar-refractivity contribution is 9.10. The molecule has 0 unspecified atom stereocenters. The van der Waals surface area contributed by atoms with Crippen LogP contribution in [0.4, 0.5) is 11.4 Å². The van der Waals surface area contributed by atoms with Gasteiger partial charge >= 0.3 is 4.87 Å². The number of fused-ring (bicyclic) bond motifs is 3. The van der Waals surface area contributed by atoms with Gasteiger partial charge in [0.25, 0.3) is 5.91 Å². The molecule has 1 saturated heterocycles. The number of carbonyl (C=O) groups is 3. The van der Waals surface area contributed by atoms with Crippen molar-refractivity contribution < 1.29 is 19.1 Å². The second kappa shape index (κ2) is 11.7. The summed E-state index contributed by atoms with van der Waals surface area (Å²) in [5.74, 6) is -2.13. The fourth-order valence-electron chi connectivity index (χ4n) is 5.75. The summed E-state index contributed by atoms with van der Waals surface area (Å²) in [5, 5.41) is 4.65. The van der Waals surface area contributed by atoms with Crippen molar-refractivity contribution in [1.82, 2.24) is 4.98 Å². The van der Waals surface area contributed by atoms with E-state index in [0.717, 1.165) is 31.1 Å². The molecule has 8 nitrogen and oxygen atoms in total. The van der Waals surface area contributed by atoms with Crippen molar-refractivity contribution in [3.05, 3.63) is 114 Å². The molecular weight excluding hydrogens is 730 g/mol. The van der Waals surface area contributed by atoms with E-state index in [-0.39, 0.29) is 29.2 Å². The Morgan fingerprint density at radius 1 is 0.909 bits per heavy atom. The lowest BCUT2D eigenvalue weighted by Crippen LogP contribution is -2.32. The average molecular weight is 751 g/mol. The monoisotopic (exact) mass is 749 g/mol. The molecule has 3 atom stereocenters. The Kier molecular flexibility index (Phi) is 7.69. The third kappa shape index (κ3) is 5.19. The van der Waals surface area contributed by atoms with Gasteiger partial charge in [-0.3, -0.25) is 19.2 Å². The molecule has 2 N–H and O–H groups in total. The Morgan fingerprint density at radius 2 is 1.66 bits per heavy atom. The van der Waals surface area contributed by atoms with Crippen molar-refractivity contribution in [2.45, 2.75) is 16.2 Å². The highest BCUT2D eigenvalue weighted by Crippen LogP contribution is 2.54. The highest BCUT2D eigenvalue weighted by Gasteiger charge is 2.56. The van der Waals surface area contributed by atoms with E-state index in [4.69, 9.17) is 4.74 Å². The Balaban J connectivity index is 1.23. The molecular formula is C32H21Br2N3O5S2. The number of thiazole rings is 1. The van der Waals surface area contributed by atoms with Gasteiger partial charge in [-0.2, -0.15) is 0 Å². The fourth-order valence-corrected chi connectivity index (χ4v) is 8.90. The predicted octanol–water partition coefficient (Wildman–Crippen LogP) is 6.93. The fraction of sp³-hybridized carbons (Fsp3) is 0.125. The molecule has 220 valence electrons. The van der Waals surface area contributed by atoms with E-state index in [9.17, 15) is 19.2 Å². The summed E-state index contributed by atoms with van der Waals surface area (Å²) in [7, 11) is 0. The number of aromatic nitrogens is 1. The van der Waals surface area contributed by atoms with Crippen molar-refractivity contribution in [2.75, 3.05) is 16.8 Å². The molecule has 0 aliphatic carbocycles. The number of anilines is 2. The number of imide groups is 1. The first-order chi connectivity index (χ1) is 21.3. The third-order valence-electron chi connectivity index (χ3n) is 7.64. The van der Waals surface area contributed by atoms with E-state index < -0.39 is 17.1 Å². The number of amides is 3. The number of carbonyl (C=O) groups excluding carboxylic acids is 3. The second-order valence-electron chi connectivity index (χ2n) is 10.3. The van der Waals surface area contributed by atoms with Crippen LogP contribution in [-0.4, -0.2) is 34.6 Å². The van der Waals surface area contributed by atoms with Crippen molar-refractivity contribution in [1.29, 1.82) is 0 Å². The number of thioether (sulfide) groups is 1. The molecule has 3 heterocycles. The summed E-state index contributed by atoms with van der Waals surface area (Å²) in [4.78, 5) is 57.9. The molecule has 2 aliphatic heterocycles. The van der Waals surface area contributed by atoms with E-state index in [1.54, 1.807) is 36.4 Å². The lowest BCUT2D eigenvalue weighted by molar-refractivity contribution is -0.122. The van der Waals surface area contributed by atoms with E-state index in [2.05, 4.69) is 42.2 Å². The van der Waals surface area contributed by atoms with Crippen LogP contribution in [0.3, 0.4) is 0 Å². The van der Waals surface area contributed by atoms with Crippen molar-refractivity contribution in [2.24, 2.45) is 5.92 Å². The lowest BCUT2D eigenvalue weighted by atomic mass is 9.82. The minimum absolute atomic E-state index is 0.274. The normalized spacial score (nSPS) is 19.1. The van der Waals surface area contributed by atoms with E-state index in [1.165, 1.54) is 16.7 Å². The summed E-state index contributed by atoms with van der Waals surface area (Å²) >= 11 is 9.16. The van der Waals surface area contributed by atoms with E-state index in [1.807, 2.05) is 48.5 Å². The van der Waals surface area contributed by atoms with E-state index in [0.29, 0.717) is 32.6 Å². The number of rotatable bonds is 6. The summed E-state index contributed by atoms with van der Waals surface area (Å²) in [6.07, 6.45) is 0. The molecule has 0 saturated carbocycles. The number of hydrogen-bond donors (Lipinski definition) is 2. The van der Waals surface area contributed by atoms with Gasteiger partial charge in [-0.25, -0.2) is 4.90 Å². The van der Waals surface area contributed by atoms with Crippen LogP contribution in [0.25, 0.3) is 10.8 Å². The Hall–Kier alpha value is -3.71. The maximum Gasteiger partial charge on any atom is 0.305 e. The van der Waals surface area contributed by atoms with Crippen LogP contribution in [0.1, 0.15) is 16.4 Å². The van der Waals surface area contributed by atoms with E-state index >= 15 is 0 Å². The zero-order chi connectivity index (χ0) is 30.5. The molecule has 3 amide bonds. The summed E-state index contributed by atoms with van der Waals surface area (Å²) in [6, 6.07) is 25.8. The number of nitrogens with zero attached hydrogens (tertiary/aromatic N) is 1. The number of halogens is 2. The number of H-pyrrole nitrogens is 1. The number of benzene rings is 4. The lowest BCUT2D eigenvalue weighted by Gasteiger charge is -2.31. The summed E-state index contributed by atoms with van der Waals surface area (Å²) < 4.78 is 7.66. The zero-order valence-electron chi connectivity index (χ0n) is 22.6. The molecule has 5 aromatic rings. The van der Waals surface area contributed by atoms with Crippen LogP contribution in [0, 0.1) is 5.92 Å². The largest absolute Gasteiger partial charge is 0.483 e. The number of ether oxygens (including phenoxy) is 1. The van der Waals surface area contributed by atoms with Gasteiger partial charge < -0.3 is 15.0 Å². The average Bonchev–Trinajstić information content (AvgIpc) is 3.51. The Labute approximate surface area is 276 Å². The SMILES string of the molecule is O=C(COc1ccc(Br)cc1[C@@H]1c2sc(=O)[nH]c2S[C@H]2C(=O)N(c3ccc(Br)cc3)C(=O)[C@@H]12)Nc1cccc2ccccc12. The minimum Gasteiger partial charge on any atom is -0.483 e. The van der Waals surface area contributed by atoms with Gasteiger partial charge in [-0.1, -0.05) is 91.4 Å². The van der Waals surface area contributed by atoms with Crippen molar-refractivity contribution >= 4 is 94.8 Å². The summed E-state index contributed by atoms with van der Waals surface area (Å²) in [6.45, 7) is -0.290. The van der Waals surface area contributed by atoms with Gasteiger partial charge in [0.15, 0.2) is 6.61 Å². The second-order valence-corrected chi connectivity index (χ2v) is 14.3. The molecule has 4 aromatic carbocycles. The molecule has 0 spiro atoms. The Bertz CT molecular complexity index is 2020. The van der Waals surface area contributed by atoms with Crippen LogP contribution in [-0.2, 0) is 14.4 Å². The van der Waals surface area contributed by atoms with Crippen molar-refractivity contribution in [3.63, 3.8) is 0 Å². The van der Waals surface area contributed by atoms with Crippen LogP contribution >= 0.6 is 55.0 Å². The number of hydrogen-bond acceptors (Lipinski definition) is 7. The van der Waals surface area contributed by atoms with Gasteiger partial charge in [-0.15, -0.1) is 0 Å². The van der Waals surface area contributed by atoms with Crippen LogP contribution in [0.15, 0.2) is 104 Å². The molecule has 44 heavy (non-hydrogen) atoms.